The van der Waals surface area contributed by atoms with Gasteiger partial charge in [0.15, 0.2) is 0 Å². The summed E-state index contributed by atoms with van der Waals surface area (Å²) in [4.78, 5) is 53.4. The van der Waals surface area contributed by atoms with Crippen LogP contribution in [0.5, 0.6) is 0 Å². The zero-order chi connectivity index (χ0) is 31.2. The molecular weight excluding hydrogens is 548 g/mol. The van der Waals surface area contributed by atoms with Crippen molar-refractivity contribution in [2.45, 2.75) is 39.5 Å². The third kappa shape index (κ3) is 11.5. The van der Waals surface area contributed by atoms with Crippen LogP contribution in [0.2, 0.25) is 0 Å². The fourth-order valence-electron chi connectivity index (χ4n) is 3.99. The molecule has 3 aromatic carbocycles. The van der Waals surface area contributed by atoms with E-state index < -0.39 is 17.8 Å². The van der Waals surface area contributed by atoms with Gasteiger partial charge in [-0.15, -0.1) is 0 Å². The Kier molecular flexibility index (Phi) is 12.1. The highest BCUT2D eigenvalue weighted by Crippen LogP contribution is 2.12. The highest BCUT2D eigenvalue weighted by atomic mass is 16.6. The van der Waals surface area contributed by atoms with Gasteiger partial charge in [0, 0.05) is 50.9 Å². The Morgan fingerprint density at radius 1 is 0.721 bits per heavy atom. The third-order valence-corrected chi connectivity index (χ3v) is 6.18. The van der Waals surface area contributed by atoms with E-state index >= 15 is 0 Å². The second kappa shape index (κ2) is 16.0. The molecule has 0 aromatic heterocycles. The molecule has 0 saturated heterocycles. The smallest absolute Gasteiger partial charge is 0.410 e. The molecule has 0 aliphatic heterocycles. The van der Waals surface area contributed by atoms with Crippen LogP contribution in [-0.4, -0.2) is 72.6 Å². The minimum absolute atomic E-state index is 0.146. The first-order chi connectivity index (χ1) is 20.5. The molecule has 0 heterocycles. The quantitative estimate of drug-likeness (QED) is 0.312. The minimum Gasteiger partial charge on any atom is -0.445 e. The van der Waals surface area contributed by atoms with Crippen molar-refractivity contribution in [3.8, 4) is 0 Å². The number of ether oxygens (including phenoxy) is 2. The molecule has 0 saturated carbocycles. The Bertz CT molecular complexity index is 1340. The summed E-state index contributed by atoms with van der Waals surface area (Å²) in [7, 11) is 1.65. The molecule has 0 spiro atoms. The number of nitrogens with zero attached hydrogens (tertiary/aromatic N) is 2. The van der Waals surface area contributed by atoms with Gasteiger partial charge in [-0.1, -0.05) is 60.7 Å². The standard InChI is InChI=1S/C33H40N4O6/c1-33(2,3)43-32(41)36(4)23-25-15-17-27(18-16-25)29(38)34-19-21-37(30(39)28-13-9-6-10-14-28)22-20-35-31(40)42-24-26-11-7-5-8-12-26/h5-18H,19-24H2,1-4H3,(H,34,38)(H,35,40). The van der Waals surface area contributed by atoms with Crippen LogP contribution in [0.1, 0.15) is 52.6 Å². The fraction of sp³-hybridized carbons (Fsp3) is 0.333. The lowest BCUT2D eigenvalue weighted by molar-refractivity contribution is 0.0284. The summed E-state index contributed by atoms with van der Waals surface area (Å²) in [6, 6.07) is 25.1. The summed E-state index contributed by atoms with van der Waals surface area (Å²) in [5.41, 5.74) is 2.09. The summed E-state index contributed by atoms with van der Waals surface area (Å²) in [5, 5.41) is 5.52. The minimum atomic E-state index is -0.584. The lowest BCUT2D eigenvalue weighted by atomic mass is 10.1. The molecule has 10 nitrogen and oxygen atoms in total. The first kappa shape index (κ1) is 32.7. The molecule has 3 aromatic rings. The van der Waals surface area contributed by atoms with Gasteiger partial charge < -0.3 is 29.9 Å². The van der Waals surface area contributed by atoms with Gasteiger partial charge in [-0.3, -0.25) is 9.59 Å². The van der Waals surface area contributed by atoms with Crippen molar-refractivity contribution < 1.29 is 28.7 Å². The molecule has 3 rings (SSSR count). The van der Waals surface area contributed by atoms with Gasteiger partial charge in [0.05, 0.1) is 0 Å². The molecule has 0 aliphatic rings. The van der Waals surface area contributed by atoms with Crippen LogP contribution in [-0.2, 0) is 22.6 Å². The Hall–Kier alpha value is -4.86. The topological polar surface area (TPSA) is 117 Å². The fourth-order valence-corrected chi connectivity index (χ4v) is 3.99. The maximum Gasteiger partial charge on any atom is 0.410 e. The number of rotatable bonds is 12. The summed E-state index contributed by atoms with van der Waals surface area (Å²) in [6.07, 6.45) is -1.01. The summed E-state index contributed by atoms with van der Waals surface area (Å²) in [5.74, 6) is -0.505. The average molecular weight is 589 g/mol. The van der Waals surface area contributed by atoms with Crippen molar-refractivity contribution in [1.82, 2.24) is 20.4 Å². The molecule has 0 radical (unpaired) electrons. The molecule has 10 heteroatoms. The van der Waals surface area contributed by atoms with Gasteiger partial charge in [-0.25, -0.2) is 9.59 Å². The molecule has 0 bridgehead atoms. The molecule has 0 unspecified atom stereocenters. The van der Waals surface area contributed by atoms with E-state index in [9.17, 15) is 19.2 Å². The van der Waals surface area contributed by atoms with Gasteiger partial charge >= 0.3 is 12.2 Å². The van der Waals surface area contributed by atoms with Gasteiger partial charge in [0.2, 0.25) is 0 Å². The van der Waals surface area contributed by atoms with E-state index in [1.807, 2.05) is 57.2 Å². The van der Waals surface area contributed by atoms with E-state index in [4.69, 9.17) is 9.47 Å². The zero-order valence-corrected chi connectivity index (χ0v) is 25.2. The van der Waals surface area contributed by atoms with Crippen molar-refractivity contribution in [3.05, 3.63) is 107 Å². The summed E-state index contributed by atoms with van der Waals surface area (Å²) in [6.45, 7) is 6.76. The van der Waals surface area contributed by atoms with E-state index in [0.29, 0.717) is 17.7 Å². The maximum absolute atomic E-state index is 13.2. The highest BCUT2D eigenvalue weighted by molar-refractivity contribution is 5.95. The first-order valence-electron chi connectivity index (χ1n) is 14.1. The van der Waals surface area contributed by atoms with Crippen LogP contribution in [0.25, 0.3) is 0 Å². The zero-order valence-electron chi connectivity index (χ0n) is 25.2. The van der Waals surface area contributed by atoms with Crippen molar-refractivity contribution >= 4 is 24.0 Å². The Morgan fingerprint density at radius 3 is 1.91 bits per heavy atom. The normalized spacial score (nSPS) is 10.8. The average Bonchev–Trinajstić information content (AvgIpc) is 2.99. The number of nitrogens with one attached hydrogen (secondary N) is 2. The second-order valence-electron chi connectivity index (χ2n) is 10.9. The van der Waals surface area contributed by atoms with Gasteiger partial charge in [0.25, 0.3) is 11.8 Å². The molecule has 4 amide bonds. The van der Waals surface area contributed by atoms with Crippen molar-refractivity contribution in [1.29, 1.82) is 0 Å². The van der Waals surface area contributed by atoms with Crippen molar-refractivity contribution in [2.24, 2.45) is 0 Å². The van der Waals surface area contributed by atoms with Gasteiger partial charge in [0.1, 0.15) is 12.2 Å². The molecule has 228 valence electrons. The Morgan fingerprint density at radius 2 is 1.30 bits per heavy atom. The number of hydrogen-bond acceptors (Lipinski definition) is 6. The number of carbonyl (C=O) groups excluding carboxylic acids is 4. The number of alkyl carbamates (subject to hydrolysis) is 1. The Labute approximate surface area is 253 Å². The SMILES string of the molecule is CN(Cc1ccc(C(=O)NCCN(CCNC(=O)OCc2ccccc2)C(=O)c2ccccc2)cc1)C(=O)OC(C)(C)C. The third-order valence-electron chi connectivity index (χ3n) is 6.18. The van der Waals surface area contributed by atoms with Crippen LogP contribution in [0.3, 0.4) is 0 Å². The van der Waals surface area contributed by atoms with Crippen molar-refractivity contribution in [3.63, 3.8) is 0 Å². The van der Waals surface area contributed by atoms with Crippen LogP contribution >= 0.6 is 0 Å². The van der Waals surface area contributed by atoms with E-state index in [1.54, 1.807) is 60.5 Å². The van der Waals surface area contributed by atoms with E-state index in [0.717, 1.165) is 11.1 Å². The molecule has 43 heavy (non-hydrogen) atoms. The van der Waals surface area contributed by atoms with Crippen molar-refractivity contribution in [2.75, 3.05) is 33.2 Å². The maximum atomic E-state index is 13.2. The number of carbonyl (C=O) groups is 4. The molecule has 0 atom stereocenters. The van der Waals surface area contributed by atoms with E-state index in [-0.39, 0.29) is 44.6 Å². The highest BCUT2D eigenvalue weighted by Gasteiger charge is 2.20. The first-order valence-corrected chi connectivity index (χ1v) is 14.1. The molecular formula is C33H40N4O6. The predicted molar refractivity (Wildman–Crippen MR) is 163 cm³/mol. The largest absolute Gasteiger partial charge is 0.445 e. The van der Waals surface area contributed by atoms with E-state index in [1.165, 1.54) is 4.90 Å². The molecule has 2 N–H and O–H groups in total. The van der Waals surface area contributed by atoms with E-state index in [2.05, 4.69) is 10.6 Å². The number of amides is 4. The van der Waals surface area contributed by atoms with Gasteiger partial charge in [-0.2, -0.15) is 0 Å². The predicted octanol–water partition coefficient (Wildman–Crippen LogP) is 4.85. The van der Waals surface area contributed by atoms with Crippen LogP contribution < -0.4 is 10.6 Å². The lowest BCUT2D eigenvalue weighted by Crippen LogP contribution is -2.42. The van der Waals surface area contributed by atoms with Crippen LogP contribution in [0.15, 0.2) is 84.9 Å². The lowest BCUT2D eigenvalue weighted by Gasteiger charge is -2.24. The summed E-state index contributed by atoms with van der Waals surface area (Å²) >= 11 is 0. The number of benzene rings is 3. The Balaban J connectivity index is 1.50. The van der Waals surface area contributed by atoms with Crippen LogP contribution in [0, 0.1) is 0 Å². The summed E-state index contributed by atoms with van der Waals surface area (Å²) < 4.78 is 10.6. The number of hydrogen-bond donors (Lipinski definition) is 2. The van der Waals surface area contributed by atoms with Crippen LogP contribution in [0.4, 0.5) is 9.59 Å². The second-order valence-corrected chi connectivity index (χ2v) is 10.9. The monoisotopic (exact) mass is 588 g/mol. The van der Waals surface area contributed by atoms with Gasteiger partial charge in [-0.05, 0) is 56.2 Å². The molecule has 0 fully saturated rings. The molecule has 0 aliphatic carbocycles.